The zero-order valence-corrected chi connectivity index (χ0v) is 23.5. The minimum atomic E-state index is -1.16. The second kappa shape index (κ2) is 11.2. The zero-order chi connectivity index (χ0) is 26.7. The van der Waals surface area contributed by atoms with Gasteiger partial charge in [-0.25, -0.2) is 9.20 Å². The van der Waals surface area contributed by atoms with Gasteiger partial charge in [-0.3, -0.25) is 9.69 Å². The van der Waals surface area contributed by atoms with Gasteiger partial charge >= 0.3 is 0 Å². The van der Waals surface area contributed by atoms with E-state index in [-0.39, 0.29) is 5.91 Å². The molecule has 1 fully saturated rings. The van der Waals surface area contributed by atoms with Crippen molar-refractivity contribution in [3.05, 3.63) is 47.8 Å². The van der Waals surface area contributed by atoms with Gasteiger partial charge in [0, 0.05) is 52.5 Å². The molecule has 11 nitrogen and oxygen atoms in total. The summed E-state index contributed by atoms with van der Waals surface area (Å²) in [4.78, 5) is 18.6. The molecule has 1 saturated heterocycles. The van der Waals surface area contributed by atoms with Crippen molar-refractivity contribution in [2.45, 2.75) is 45.6 Å². The minimum Gasteiger partial charge on any atom is -0.378 e. The largest absolute Gasteiger partial charge is 0.378 e. The molecule has 4 heterocycles. The maximum atomic E-state index is 11.8. The fourth-order valence-corrected chi connectivity index (χ4v) is 5.26. The molecule has 3 aromatic heterocycles. The lowest BCUT2D eigenvalue weighted by atomic mass is 10.2. The van der Waals surface area contributed by atoms with Gasteiger partial charge in [-0.05, 0) is 36.4 Å². The fourth-order valence-electron chi connectivity index (χ4n) is 4.51. The van der Waals surface area contributed by atoms with Crippen molar-refractivity contribution in [2.24, 2.45) is 0 Å². The fraction of sp³-hybridized carbons (Fsp3) is 0.462. The lowest BCUT2D eigenvalue weighted by molar-refractivity contribution is -0.124. The number of nitrogens with zero attached hydrogens (tertiary/aromatic N) is 6. The number of methoxy groups -OCH3 is 1. The zero-order valence-electron chi connectivity index (χ0n) is 22.5. The number of rotatable bonds is 11. The highest BCUT2D eigenvalue weighted by Crippen LogP contribution is 2.25. The molecular weight excluding hydrogens is 500 g/mol. The standard InChI is InChI=1S/C26H36N8O3Si/c1-36-17-22-21-9-8-19(14-23(21)33(30-22)18-37-12-13-38(2,3)4)28-26-29-24-7-5-6-20(34(24)31-26)15-32-11-10-27-25(35)16-32/h5-9,14H,10-13,15-18H2,1-4H3,(H,27,35)(H,28,31). The van der Waals surface area contributed by atoms with Crippen molar-refractivity contribution in [2.75, 3.05) is 38.7 Å². The Kier molecular flexibility index (Phi) is 7.74. The quantitative estimate of drug-likeness (QED) is 0.222. The number of pyridine rings is 1. The lowest BCUT2D eigenvalue weighted by Gasteiger charge is -2.26. The Morgan fingerprint density at radius 2 is 2.03 bits per heavy atom. The van der Waals surface area contributed by atoms with Crippen LogP contribution < -0.4 is 10.6 Å². The topological polar surface area (TPSA) is 111 Å². The molecular formula is C26H36N8O3Si. The molecule has 0 aliphatic carbocycles. The molecule has 0 spiro atoms. The molecule has 12 heteroatoms. The van der Waals surface area contributed by atoms with Crippen molar-refractivity contribution in [1.29, 1.82) is 0 Å². The van der Waals surface area contributed by atoms with Crippen LogP contribution in [0.25, 0.3) is 16.6 Å². The molecule has 1 aromatic carbocycles. The van der Waals surface area contributed by atoms with E-state index in [0.29, 0.717) is 38.9 Å². The summed E-state index contributed by atoms with van der Waals surface area (Å²) in [7, 11) is 0.511. The van der Waals surface area contributed by atoms with Crippen LogP contribution in [0.15, 0.2) is 36.4 Å². The van der Waals surface area contributed by atoms with Crippen LogP contribution in [0.5, 0.6) is 0 Å². The van der Waals surface area contributed by atoms with Crippen molar-refractivity contribution in [3.8, 4) is 0 Å². The Hall–Kier alpha value is -3.32. The van der Waals surface area contributed by atoms with Gasteiger partial charge in [-0.15, -0.1) is 5.10 Å². The maximum absolute atomic E-state index is 11.8. The van der Waals surface area contributed by atoms with Crippen LogP contribution in [0.1, 0.15) is 11.4 Å². The summed E-state index contributed by atoms with van der Waals surface area (Å²) in [5, 5.41) is 16.7. The highest BCUT2D eigenvalue weighted by molar-refractivity contribution is 6.76. The molecule has 0 saturated carbocycles. The molecule has 38 heavy (non-hydrogen) atoms. The molecule has 1 amide bonds. The predicted molar refractivity (Wildman–Crippen MR) is 149 cm³/mol. The third-order valence-corrected chi connectivity index (χ3v) is 8.22. The van der Waals surface area contributed by atoms with Gasteiger partial charge in [0.05, 0.1) is 30.1 Å². The number of fused-ring (bicyclic) bond motifs is 2. The van der Waals surface area contributed by atoms with Gasteiger partial charge < -0.3 is 20.1 Å². The van der Waals surface area contributed by atoms with E-state index in [1.54, 1.807) is 7.11 Å². The first-order valence-electron chi connectivity index (χ1n) is 13.0. The smallest absolute Gasteiger partial charge is 0.247 e. The summed E-state index contributed by atoms with van der Waals surface area (Å²) in [5.74, 6) is 0.553. The van der Waals surface area contributed by atoms with Crippen LogP contribution in [0, 0.1) is 0 Å². The number of aromatic nitrogens is 5. The molecule has 0 bridgehead atoms. The van der Waals surface area contributed by atoms with Gasteiger partial charge in [0.2, 0.25) is 11.9 Å². The van der Waals surface area contributed by atoms with E-state index in [1.807, 2.05) is 45.6 Å². The average molecular weight is 537 g/mol. The van der Waals surface area contributed by atoms with Crippen molar-refractivity contribution in [1.82, 2.24) is 34.6 Å². The van der Waals surface area contributed by atoms with Crippen LogP contribution in [-0.4, -0.2) is 76.6 Å². The van der Waals surface area contributed by atoms with Crippen LogP contribution in [-0.2, 0) is 34.2 Å². The Balaban J connectivity index is 1.36. The highest BCUT2D eigenvalue weighted by atomic mass is 28.3. The second-order valence-electron chi connectivity index (χ2n) is 10.9. The van der Waals surface area contributed by atoms with E-state index in [0.717, 1.165) is 52.8 Å². The number of hydrogen-bond acceptors (Lipinski definition) is 8. The number of carbonyl (C=O) groups is 1. The van der Waals surface area contributed by atoms with E-state index >= 15 is 0 Å². The molecule has 5 rings (SSSR count). The van der Waals surface area contributed by atoms with Crippen LogP contribution in [0.4, 0.5) is 11.6 Å². The number of benzene rings is 1. The van der Waals surface area contributed by atoms with E-state index in [9.17, 15) is 4.79 Å². The third kappa shape index (κ3) is 6.21. The molecule has 0 atom stereocenters. The molecule has 2 N–H and O–H groups in total. The van der Waals surface area contributed by atoms with Gasteiger partial charge in [0.15, 0.2) is 5.65 Å². The number of anilines is 2. The first-order chi connectivity index (χ1) is 18.3. The number of amides is 1. The molecule has 0 radical (unpaired) electrons. The molecule has 202 valence electrons. The third-order valence-electron chi connectivity index (χ3n) is 6.52. The van der Waals surface area contributed by atoms with Gasteiger partial charge in [-0.2, -0.15) is 10.1 Å². The Morgan fingerprint density at radius 1 is 1.16 bits per heavy atom. The first kappa shape index (κ1) is 26.3. The monoisotopic (exact) mass is 536 g/mol. The van der Waals surface area contributed by atoms with E-state index in [4.69, 9.17) is 19.7 Å². The predicted octanol–water partition coefficient (Wildman–Crippen LogP) is 3.21. The normalized spacial score (nSPS) is 14.9. The van der Waals surface area contributed by atoms with Gasteiger partial charge in [-0.1, -0.05) is 25.7 Å². The summed E-state index contributed by atoms with van der Waals surface area (Å²) in [6.45, 7) is 11.1. The Bertz CT molecular complexity index is 1430. The lowest BCUT2D eigenvalue weighted by Crippen LogP contribution is -2.47. The van der Waals surface area contributed by atoms with Crippen molar-refractivity contribution < 1.29 is 14.3 Å². The van der Waals surface area contributed by atoms with Gasteiger partial charge in [0.25, 0.3) is 0 Å². The van der Waals surface area contributed by atoms with Crippen LogP contribution >= 0.6 is 0 Å². The van der Waals surface area contributed by atoms with E-state index < -0.39 is 8.07 Å². The number of nitrogens with one attached hydrogen (secondary N) is 2. The number of piperazine rings is 1. The molecule has 1 aliphatic heterocycles. The number of carbonyl (C=O) groups excluding carboxylic acids is 1. The molecule has 1 aliphatic rings. The Labute approximate surface area is 223 Å². The average Bonchev–Trinajstić information content (AvgIpc) is 3.43. The van der Waals surface area contributed by atoms with Crippen molar-refractivity contribution >= 4 is 42.2 Å². The van der Waals surface area contributed by atoms with Crippen molar-refractivity contribution in [3.63, 3.8) is 0 Å². The van der Waals surface area contributed by atoms with Crippen LogP contribution in [0.3, 0.4) is 0 Å². The van der Waals surface area contributed by atoms with E-state index in [2.05, 4.69) is 40.2 Å². The second-order valence-corrected chi connectivity index (χ2v) is 16.5. The molecule has 0 unspecified atom stereocenters. The Morgan fingerprint density at radius 3 is 2.82 bits per heavy atom. The minimum absolute atomic E-state index is 0.0501. The summed E-state index contributed by atoms with van der Waals surface area (Å²) < 4.78 is 15.1. The maximum Gasteiger partial charge on any atom is 0.247 e. The van der Waals surface area contributed by atoms with E-state index in [1.165, 1.54) is 0 Å². The molecule has 4 aromatic rings. The first-order valence-corrected chi connectivity index (χ1v) is 16.7. The summed E-state index contributed by atoms with van der Waals surface area (Å²) in [6, 6.07) is 13.1. The summed E-state index contributed by atoms with van der Waals surface area (Å²) >= 11 is 0. The van der Waals surface area contributed by atoms with Gasteiger partial charge in [0.1, 0.15) is 6.73 Å². The SMILES string of the molecule is COCc1nn(COCC[Si](C)(C)C)c2cc(Nc3nc4cccc(CN5CCNC(=O)C5)n4n3)ccc12. The summed E-state index contributed by atoms with van der Waals surface area (Å²) in [6.07, 6.45) is 0. The number of hydrogen-bond donors (Lipinski definition) is 2. The highest BCUT2D eigenvalue weighted by Gasteiger charge is 2.18. The summed E-state index contributed by atoms with van der Waals surface area (Å²) in [5.41, 5.74) is 4.42. The number of ether oxygens (including phenoxy) is 2. The van der Waals surface area contributed by atoms with Crippen LogP contribution in [0.2, 0.25) is 25.7 Å².